The van der Waals surface area contributed by atoms with Crippen molar-refractivity contribution < 1.29 is 24.2 Å². The number of rotatable bonds is 4. The van der Waals surface area contributed by atoms with Gasteiger partial charge in [0.1, 0.15) is 5.75 Å². The maximum atomic E-state index is 13.1. The molecule has 1 aliphatic heterocycles. The van der Waals surface area contributed by atoms with Gasteiger partial charge < -0.3 is 14.6 Å². The summed E-state index contributed by atoms with van der Waals surface area (Å²) in [6, 6.07) is 14.1. The molecule has 6 nitrogen and oxygen atoms in total. The molecule has 3 aromatic rings. The zero-order valence-electron chi connectivity index (χ0n) is 15.9. The van der Waals surface area contributed by atoms with Gasteiger partial charge in [-0.25, -0.2) is 0 Å². The number of amides is 1. The lowest BCUT2D eigenvalue weighted by atomic mass is 9.94. The van der Waals surface area contributed by atoms with E-state index < -0.39 is 23.5 Å². The van der Waals surface area contributed by atoms with Crippen molar-refractivity contribution in [2.75, 3.05) is 4.90 Å². The van der Waals surface area contributed by atoms with E-state index >= 15 is 0 Å². The van der Waals surface area contributed by atoms with Gasteiger partial charge in [0.2, 0.25) is 5.78 Å². The number of Topliss-reactive ketones (excluding diaryl/α,β-unsaturated/α-hetero) is 1. The zero-order valence-corrected chi connectivity index (χ0v) is 15.9. The molecule has 1 unspecified atom stereocenters. The van der Waals surface area contributed by atoms with E-state index in [0.29, 0.717) is 11.3 Å². The Hall–Kier alpha value is -3.80. The first-order valence-electron chi connectivity index (χ1n) is 9.09. The maximum absolute atomic E-state index is 13.1. The molecule has 0 bridgehead atoms. The minimum Gasteiger partial charge on any atom is -0.508 e. The molecule has 0 spiro atoms. The molecule has 2 heterocycles. The first-order valence-corrected chi connectivity index (χ1v) is 9.09. The summed E-state index contributed by atoms with van der Waals surface area (Å²) in [5.74, 6) is -1.74. The van der Waals surface area contributed by atoms with Gasteiger partial charge in [-0.1, -0.05) is 24.3 Å². The van der Waals surface area contributed by atoms with Crippen LogP contribution in [0.25, 0.3) is 0 Å². The number of ketones is 1. The van der Waals surface area contributed by atoms with Gasteiger partial charge in [-0.05, 0) is 60.9 Å². The number of anilines is 1. The van der Waals surface area contributed by atoms with Crippen LogP contribution in [0.4, 0.5) is 5.69 Å². The summed E-state index contributed by atoms with van der Waals surface area (Å²) in [4.78, 5) is 27.6. The van der Waals surface area contributed by atoms with Gasteiger partial charge in [0, 0.05) is 5.69 Å². The molecule has 1 aromatic heterocycles. The average Bonchev–Trinajstić information content (AvgIpc) is 3.32. The molecule has 2 N–H and O–H groups in total. The van der Waals surface area contributed by atoms with Crippen LogP contribution >= 0.6 is 0 Å². The van der Waals surface area contributed by atoms with E-state index in [0.717, 1.165) is 11.1 Å². The lowest BCUT2D eigenvalue weighted by molar-refractivity contribution is -0.117. The van der Waals surface area contributed by atoms with Crippen molar-refractivity contribution in [3.63, 3.8) is 0 Å². The largest absolute Gasteiger partial charge is 0.508 e. The number of phenols is 1. The number of hydrogen-bond acceptors (Lipinski definition) is 5. The van der Waals surface area contributed by atoms with Crippen LogP contribution in [0, 0.1) is 13.8 Å². The van der Waals surface area contributed by atoms with E-state index in [2.05, 4.69) is 0 Å². The molecule has 146 valence electrons. The van der Waals surface area contributed by atoms with Crippen LogP contribution in [0.15, 0.2) is 76.6 Å². The number of aliphatic hydroxyl groups is 1. The molecule has 2 aromatic carbocycles. The van der Waals surface area contributed by atoms with Crippen molar-refractivity contribution >= 4 is 17.4 Å². The van der Waals surface area contributed by atoms with Crippen LogP contribution < -0.4 is 4.90 Å². The third-order valence-electron chi connectivity index (χ3n) is 5.03. The molecule has 1 amide bonds. The van der Waals surface area contributed by atoms with E-state index in [9.17, 15) is 19.8 Å². The van der Waals surface area contributed by atoms with E-state index in [1.807, 2.05) is 32.0 Å². The van der Waals surface area contributed by atoms with E-state index in [1.54, 1.807) is 18.2 Å². The lowest BCUT2D eigenvalue weighted by Crippen LogP contribution is -2.31. The lowest BCUT2D eigenvalue weighted by Gasteiger charge is -2.28. The molecule has 6 heteroatoms. The van der Waals surface area contributed by atoms with Gasteiger partial charge >= 0.3 is 0 Å². The summed E-state index contributed by atoms with van der Waals surface area (Å²) in [6.07, 6.45) is 1.36. The normalized spacial score (nSPS) is 16.6. The second-order valence-electron chi connectivity index (χ2n) is 7.03. The Morgan fingerprint density at radius 3 is 2.41 bits per heavy atom. The Morgan fingerprint density at radius 1 is 1.03 bits per heavy atom. The molecular weight excluding hydrogens is 370 g/mol. The van der Waals surface area contributed by atoms with Gasteiger partial charge in [-0.15, -0.1) is 0 Å². The van der Waals surface area contributed by atoms with Crippen molar-refractivity contribution in [2.24, 2.45) is 0 Å². The summed E-state index contributed by atoms with van der Waals surface area (Å²) in [5, 5.41) is 20.3. The highest BCUT2D eigenvalue weighted by Crippen LogP contribution is 2.43. The second kappa shape index (κ2) is 6.98. The van der Waals surface area contributed by atoms with Crippen LogP contribution in [-0.4, -0.2) is 21.9 Å². The van der Waals surface area contributed by atoms with Crippen molar-refractivity contribution in [3.8, 4) is 5.75 Å². The van der Waals surface area contributed by atoms with Crippen molar-refractivity contribution in [1.29, 1.82) is 0 Å². The third kappa shape index (κ3) is 3.08. The molecule has 1 aliphatic rings. The molecule has 1 atom stereocenters. The number of phenolic OH excluding ortho intramolecular Hbond substituents is 1. The molecular formula is C23H19NO5. The SMILES string of the molecule is Cc1ccc(C)c(N2C(=O)C(O)=C(C(=O)c3ccco3)C2c2ccc(O)cc2)c1. The molecule has 0 aliphatic carbocycles. The Kier molecular flexibility index (Phi) is 4.47. The monoisotopic (exact) mass is 389 g/mol. The fourth-order valence-electron chi connectivity index (χ4n) is 3.58. The number of carbonyl (C=O) groups is 2. The number of aryl methyl sites for hydroxylation is 2. The van der Waals surface area contributed by atoms with Gasteiger partial charge in [0.15, 0.2) is 11.5 Å². The minimum absolute atomic E-state index is 0.0333. The van der Waals surface area contributed by atoms with Crippen molar-refractivity contribution in [3.05, 3.63) is 94.6 Å². The third-order valence-corrected chi connectivity index (χ3v) is 5.03. The maximum Gasteiger partial charge on any atom is 0.294 e. The fourth-order valence-corrected chi connectivity index (χ4v) is 3.58. The Labute approximate surface area is 167 Å². The molecule has 0 saturated heterocycles. The zero-order chi connectivity index (χ0) is 20.7. The van der Waals surface area contributed by atoms with Crippen molar-refractivity contribution in [2.45, 2.75) is 19.9 Å². The summed E-state index contributed by atoms with van der Waals surface area (Å²) in [7, 11) is 0. The number of nitrogens with zero attached hydrogens (tertiary/aromatic N) is 1. The summed E-state index contributed by atoms with van der Waals surface area (Å²) < 4.78 is 5.21. The fraction of sp³-hybridized carbons (Fsp3) is 0.130. The summed E-state index contributed by atoms with van der Waals surface area (Å²) >= 11 is 0. The predicted octanol–water partition coefficient (Wildman–Crippen LogP) is 4.38. The number of furan rings is 1. The Balaban J connectivity index is 1.92. The van der Waals surface area contributed by atoms with Crippen LogP contribution in [0.1, 0.15) is 33.3 Å². The highest BCUT2D eigenvalue weighted by molar-refractivity contribution is 6.20. The topological polar surface area (TPSA) is 91.0 Å². The van der Waals surface area contributed by atoms with Gasteiger partial charge in [-0.3, -0.25) is 14.5 Å². The Bertz CT molecular complexity index is 1130. The average molecular weight is 389 g/mol. The van der Waals surface area contributed by atoms with E-state index in [4.69, 9.17) is 4.42 Å². The molecule has 4 rings (SSSR count). The molecule has 0 saturated carbocycles. The van der Waals surface area contributed by atoms with Crippen LogP contribution in [0.2, 0.25) is 0 Å². The van der Waals surface area contributed by atoms with E-state index in [1.165, 1.54) is 29.4 Å². The first kappa shape index (κ1) is 18.6. The predicted molar refractivity (Wildman–Crippen MR) is 107 cm³/mol. The number of carbonyl (C=O) groups excluding carboxylic acids is 2. The summed E-state index contributed by atoms with van der Waals surface area (Å²) in [6.45, 7) is 3.76. The minimum atomic E-state index is -0.860. The van der Waals surface area contributed by atoms with Crippen molar-refractivity contribution in [1.82, 2.24) is 0 Å². The second-order valence-corrected chi connectivity index (χ2v) is 7.03. The number of benzene rings is 2. The molecule has 0 fully saturated rings. The van der Waals surface area contributed by atoms with Gasteiger partial charge in [-0.2, -0.15) is 0 Å². The number of aromatic hydroxyl groups is 1. The first-order chi connectivity index (χ1) is 13.9. The van der Waals surface area contributed by atoms with Crippen LogP contribution in [0.5, 0.6) is 5.75 Å². The van der Waals surface area contributed by atoms with Crippen LogP contribution in [0.3, 0.4) is 0 Å². The number of aliphatic hydroxyl groups excluding tert-OH is 1. The quantitative estimate of drug-likeness (QED) is 0.646. The van der Waals surface area contributed by atoms with Crippen LogP contribution in [-0.2, 0) is 4.79 Å². The Morgan fingerprint density at radius 2 is 1.76 bits per heavy atom. The van der Waals surface area contributed by atoms with Gasteiger partial charge in [0.05, 0.1) is 17.9 Å². The number of hydrogen-bond donors (Lipinski definition) is 2. The van der Waals surface area contributed by atoms with E-state index in [-0.39, 0.29) is 17.1 Å². The smallest absolute Gasteiger partial charge is 0.294 e. The molecule has 29 heavy (non-hydrogen) atoms. The standard InChI is InChI=1S/C23H19NO5/c1-13-5-6-14(2)17(12-13)24-20(15-7-9-16(25)10-8-15)19(22(27)23(24)28)21(26)18-4-3-11-29-18/h3-12,20,25,27H,1-2H3. The van der Waals surface area contributed by atoms with Gasteiger partial charge in [0.25, 0.3) is 5.91 Å². The highest BCUT2D eigenvalue weighted by atomic mass is 16.3. The molecule has 0 radical (unpaired) electrons. The summed E-state index contributed by atoms with van der Waals surface area (Å²) in [5.41, 5.74) is 2.88. The highest BCUT2D eigenvalue weighted by Gasteiger charge is 2.45.